The predicted octanol–water partition coefficient (Wildman–Crippen LogP) is 3.00. The van der Waals surface area contributed by atoms with E-state index >= 15 is 0 Å². The molecule has 0 aromatic heterocycles. The van der Waals surface area contributed by atoms with Crippen molar-refractivity contribution in [3.05, 3.63) is 59.3 Å². The van der Waals surface area contributed by atoms with Crippen LogP contribution in [0.4, 0.5) is 0 Å². The molecule has 0 spiro atoms. The van der Waals surface area contributed by atoms with Crippen LogP contribution in [-0.2, 0) is 16.0 Å². The van der Waals surface area contributed by atoms with Gasteiger partial charge in [0.25, 0.3) is 5.91 Å². The quantitative estimate of drug-likeness (QED) is 0.852. The fourth-order valence-corrected chi connectivity index (χ4v) is 3.36. The highest BCUT2D eigenvalue weighted by molar-refractivity contribution is 6.11. The van der Waals surface area contributed by atoms with Crippen molar-refractivity contribution < 1.29 is 19.1 Å². The Labute approximate surface area is 164 Å². The first-order valence-corrected chi connectivity index (χ1v) is 9.16. The van der Waals surface area contributed by atoms with Crippen molar-refractivity contribution in [2.24, 2.45) is 16.8 Å². The van der Waals surface area contributed by atoms with Gasteiger partial charge in [-0.25, -0.2) is 4.99 Å². The number of rotatable bonds is 5. The number of allylic oxidation sites excluding steroid dienone is 3. The van der Waals surface area contributed by atoms with Crippen LogP contribution in [0.3, 0.4) is 0 Å². The fraction of sp³-hybridized carbons (Fsp3) is 0.318. The Morgan fingerprint density at radius 1 is 1.18 bits per heavy atom. The number of aliphatic imine (C=N–C) groups is 1. The standard InChI is InChI=1S/C22H24N2O4/c1-13(2)17-12-22(26)24-18-11-15(6-7-16(17)18)23-21(25)10-14-5-8-19(27-3)20(9-14)28-4/h5-9,11-13,16H,10H2,1-4H3,(H,24,26). The molecule has 0 saturated carbocycles. The van der Waals surface area contributed by atoms with Crippen molar-refractivity contribution in [3.8, 4) is 11.5 Å². The maximum Gasteiger partial charge on any atom is 0.250 e. The zero-order valence-corrected chi connectivity index (χ0v) is 16.5. The van der Waals surface area contributed by atoms with Crippen molar-refractivity contribution in [3.63, 3.8) is 0 Å². The molecule has 6 heteroatoms. The summed E-state index contributed by atoms with van der Waals surface area (Å²) in [5.41, 5.74) is 3.13. The third-order valence-corrected chi connectivity index (χ3v) is 4.75. The molecule has 3 rings (SSSR count). The van der Waals surface area contributed by atoms with Gasteiger partial charge >= 0.3 is 0 Å². The second kappa shape index (κ2) is 8.25. The van der Waals surface area contributed by atoms with Crippen molar-refractivity contribution in [2.75, 3.05) is 14.2 Å². The lowest BCUT2D eigenvalue weighted by Gasteiger charge is -2.29. The van der Waals surface area contributed by atoms with Crippen LogP contribution >= 0.6 is 0 Å². The molecule has 1 aliphatic heterocycles. The zero-order valence-electron chi connectivity index (χ0n) is 16.5. The van der Waals surface area contributed by atoms with Gasteiger partial charge in [-0.15, -0.1) is 0 Å². The lowest BCUT2D eigenvalue weighted by molar-refractivity contribution is -0.117. The van der Waals surface area contributed by atoms with Crippen molar-refractivity contribution in [2.45, 2.75) is 20.3 Å². The summed E-state index contributed by atoms with van der Waals surface area (Å²) in [4.78, 5) is 28.5. The summed E-state index contributed by atoms with van der Waals surface area (Å²) in [6, 6.07) is 5.34. The highest BCUT2D eigenvalue weighted by Crippen LogP contribution is 2.32. The van der Waals surface area contributed by atoms with Crippen LogP contribution < -0.4 is 14.8 Å². The molecular weight excluding hydrogens is 356 g/mol. The smallest absolute Gasteiger partial charge is 0.250 e. The molecule has 1 aliphatic carbocycles. The topological polar surface area (TPSA) is 77.0 Å². The minimum absolute atomic E-state index is 0.0256. The summed E-state index contributed by atoms with van der Waals surface area (Å²) >= 11 is 0. The Kier molecular flexibility index (Phi) is 5.78. The lowest BCUT2D eigenvalue weighted by atomic mass is 9.82. The first-order chi connectivity index (χ1) is 13.4. The molecule has 1 unspecified atom stereocenters. The number of amides is 2. The molecule has 1 aromatic carbocycles. The van der Waals surface area contributed by atoms with Gasteiger partial charge in [0.15, 0.2) is 11.5 Å². The summed E-state index contributed by atoms with van der Waals surface area (Å²) in [6.45, 7) is 4.12. The third kappa shape index (κ3) is 4.22. The van der Waals surface area contributed by atoms with E-state index in [-0.39, 0.29) is 30.1 Å². The Bertz CT molecular complexity index is 922. The van der Waals surface area contributed by atoms with Crippen molar-refractivity contribution in [1.82, 2.24) is 5.32 Å². The first-order valence-electron chi connectivity index (χ1n) is 9.16. The minimum Gasteiger partial charge on any atom is -0.493 e. The number of ether oxygens (including phenoxy) is 2. The van der Waals surface area contributed by atoms with Gasteiger partial charge in [-0.3, -0.25) is 9.59 Å². The van der Waals surface area contributed by atoms with Gasteiger partial charge in [-0.1, -0.05) is 26.0 Å². The molecule has 1 atom stereocenters. The van der Waals surface area contributed by atoms with Crippen LogP contribution in [0.1, 0.15) is 19.4 Å². The molecule has 0 saturated heterocycles. The van der Waals surface area contributed by atoms with E-state index in [1.165, 1.54) is 0 Å². The molecule has 6 nitrogen and oxygen atoms in total. The highest BCUT2D eigenvalue weighted by atomic mass is 16.5. The minimum atomic E-state index is -0.274. The number of nitrogens with zero attached hydrogens (tertiary/aromatic N) is 1. The van der Waals surface area contributed by atoms with Crippen LogP contribution in [0.5, 0.6) is 11.5 Å². The number of carbonyl (C=O) groups excluding carboxylic acids is 2. The number of nitrogens with one attached hydrogen (secondary N) is 1. The monoisotopic (exact) mass is 380 g/mol. The van der Waals surface area contributed by atoms with Crippen molar-refractivity contribution in [1.29, 1.82) is 0 Å². The third-order valence-electron chi connectivity index (χ3n) is 4.75. The van der Waals surface area contributed by atoms with E-state index in [4.69, 9.17) is 9.47 Å². The number of carbonyl (C=O) groups is 2. The van der Waals surface area contributed by atoms with E-state index in [1.54, 1.807) is 38.5 Å². The maximum atomic E-state index is 12.4. The van der Waals surface area contributed by atoms with Crippen LogP contribution in [0, 0.1) is 11.8 Å². The molecule has 2 aliphatic rings. The van der Waals surface area contributed by atoms with Crippen molar-refractivity contribution >= 4 is 17.5 Å². The second-order valence-corrected chi connectivity index (χ2v) is 7.02. The molecule has 0 bridgehead atoms. The highest BCUT2D eigenvalue weighted by Gasteiger charge is 2.27. The molecule has 1 aromatic rings. The summed E-state index contributed by atoms with van der Waals surface area (Å²) in [6.07, 6.45) is 7.37. The van der Waals surface area contributed by atoms with Crippen LogP contribution in [0.2, 0.25) is 0 Å². The Morgan fingerprint density at radius 2 is 1.93 bits per heavy atom. The largest absolute Gasteiger partial charge is 0.493 e. The Hall–Kier alpha value is -3.15. The summed E-state index contributed by atoms with van der Waals surface area (Å²) in [5, 5.41) is 2.86. The van der Waals surface area contributed by atoms with Crippen LogP contribution in [-0.4, -0.2) is 31.7 Å². The second-order valence-electron chi connectivity index (χ2n) is 7.02. The summed E-state index contributed by atoms with van der Waals surface area (Å²) in [5.74, 6) is 1.05. The van der Waals surface area contributed by atoms with E-state index in [0.717, 1.165) is 16.8 Å². The van der Waals surface area contributed by atoms with Gasteiger partial charge in [0.05, 0.1) is 26.4 Å². The number of methoxy groups -OCH3 is 2. The molecule has 146 valence electrons. The van der Waals surface area contributed by atoms with Gasteiger partial charge in [-0.05, 0) is 41.3 Å². The van der Waals surface area contributed by atoms with E-state index in [1.807, 2.05) is 18.2 Å². The maximum absolute atomic E-state index is 12.4. The predicted molar refractivity (Wildman–Crippen MR) is 107 cm³/mol. The van der Waals surface area contributed by atoms with E-state index < -0.39 is 0 Å². The zero-order chi connectivity index (χ0) is 20.3. The summed E-state index contributed by atoms with van der Waals surface area (Å²) in [7, 11) is 3.12. The number of fused-ring (bicyclic) bond motifs is 1. The molecule has 1 N–H and O–H groups in total. The van der Waals surface area contributed by atoms with Gasteiger partial charge in [0, 0.05) is 17.7 Å². The average Bonchev–Trinajstić information content (AvgIpc) is 2.66. The fourth-order valence-electron chi connectivity index (χ4n) is 3.36. The Balaban J connectivity index is 1.76. The molecule has 1 heterocycles. The number of hydrogen-bond acceptors (Lipinski definition) is 4. The first kappa shape index (κ1) is 19.6. The van der Waals surface area contributed by atoms with E-state index in [9.17, 15) is 9.59 Å². The van der Waals surface area contributed by atoms with Gasteiger partial charge in [0.2, 0.25) is 5.91 Å². The number of benzene rings is 1. The summed E-state index contributed by atoms with van der Waals surface area (Å²) < 4.78 is 10.5. The Morgan fingerprint density at radius 3 is 2.61 bits per heavy atom. The molecular formula is C22H24N2O4. The molecule has 0 fully saturated rings. The molecule has 0 radical (unpaired) electrons. The van der Waals surface area contributed by atoms with E-state index in [2.05, 4.69) is 24.2 Å². The van der Waals surface area contributed by atoms with Crippen LogP contribution in [0.25, 0.3) is 0 Å². The van der Waals surface area contributed by atoms with E-state index in [0.29, 0.717) is 17.2 Å². The lowest BCUT2D eigenvalue weighted by Crippen LogP contribution is -2.34. The van der Waals surface area contributed by atoms with Gasteiger partial charge in [0.1, 0.15) is 0 Å². The van der Waals surface area contributed by atoms with Gasteiger partial charge in [-0.2, -0.15) is 0 Å². The average molecular weight is 380 g/mol. The molecule has 2 amide bonds. The van der Waals surface area contributed by atoms with Gasteiger partial charge < -0.3 is 14.8 Å². The molecule has 28 heavy (non-hydrogen) atoms. The van der Waals surface area contributed by atoms with Crippen LogP contribution in [0.15, 0.2) is 58.8 Å². The number of hydrogen-bond donors (Lipinski definition) is 1. The SMILES string of the molecule is COc1ccc(CC(=O)N=C2C=CC3C(=C2)NC(=O)C=C3C(C)C)cc1OC. The normalized spacial score (nSPS) is 19.7.